The summed E-state index contributed by atoms with van der Waals surface area (Å²) in [5.41, 5.74) is 3.86. The van der Waals surface area contributed by atoms with E-state index in [4.69, 9.17) is 14.3 Å². The molecule has 6 nitrogen and oxygen atoms in total. The highest BCUT2D eigenvalue weighted by atomic mass is 31.2. The van der Waals surface area contributed by atoms with Gasteiger partial charge in [-0.1, -0.05) is 34.9 Å². The maximum absolute atomic E-state index is 11.5. The molecule has 0 rings (SSSR count). The van der Waals surface area contributed by atoms with Crippen molar-refractivity contribution in [3.63, 3.8) is 0 Å². The summed E-state index contributed by atoms with van der Waals surface area (Å²) < 4.78 is 26.9. The fourth-order valence-electron chi connectivity index (χ4n) is 2.11. The quantitative estimate of drug-likeness (QED) is 0.241. The van der Waals surface area contributed by atoms with Crippen molar-refractivity contribution < 1.29 is 28.3 Å². The molecule has 25 heavy (non-hydrogen) atoms. The highest BCUT2D eigenvalue weighted by Crippen LogP contribution is 2.55. The van der Waals surface area contributed by atoms with Gasteiger partial charge >= 0.3 is 15.2 Å². The predicted molar refractivity (Wildman–Crippen MR) is 103 cm³/mol. The molecule has 1 unspecified atom stereocenters. The molecule has 0 aliphatic rings. The first-order valence-electron chi connectivity index (χ1n) is 8.37. The minimum absolute atomic E-state index is 0.0390. The van der Waals surface area contributed by atoms with Gasteiger partial charge in [-0.05, 0) is 59.8 Å². The van der Waals surface area contributed by atoms with E-state index in [1.54, 1.807) is 0 Å². The maximum Gasteiger partial charge on any atom is 0.340 e. The Morgan fingerprint density at radius 3 is 1.80 bits per heavy atom. The van der Waals surface area contributed by atoms with Crippen LogP contribution >= 0.6 is 15.2 Å². The first kappa shape index (κ1) is 24.5. The fourth-order valence-corrected chi connectivity index (χ4v) is 4.69. The van der Waals surface area contributed by atoms with Crippen molar-refractivity contribution in [2.24, 2.45) is 0 Å². The third-order valence-corrected chi connectivity index (χ3v) is 6.88. The fraction of sp³-hybridized carbons (Fsp3) is 0.647. The van der Waals surface area contributed by atoms with Gasteiger partial charge in [-0.15, -0.1) is 0 Å². The minimum atomic E-state index is -4.56. The third-order valence-electron chi connectivity index (χ3n) is 3.39. The highest BCUT2D eigenvalue weighted by Gasteiger charge is 2.30. The molecule has 0 aromatic carbocycles. The molecule has 146 valence electrons. The summed E-state index contributed by atoms with van der Waals surface area (Å²) in [6.07, 6.45) is 10.8. The summed E-state index contributed by atoms with van der Waals surface area (Å²) in [7, 11) is -8.79. The molecule has 8 heteroatoms. The topological polar surface area (TPSA) is 104 Å². The highest BCUT2D eigenvalue weighted by molar-refractivity contribution is 7.70. The molecule has 0 saturated carbocycles. The van der Waals surface area contributed by atoms with Gasteiger partial charge < -0.3 is 19.2 Å². The van der Waals surface area contributed by atoms with Crippen LogP contribution in [-0.4, -0.2) is 27.2 Å². The van der Waals surface area contributed by atoms with Crippen molar-refractivity contribution in [1.82, 2.24) is 0 Å². The molecule has 0 aromatic heterocycles. The average molecular weight is 394 g/mol. The second-order valence-corrected chi connectivity index (χ2v) is 10.5. The van der Waals surface area contributed by atoms with Crippen molar-refractivity contribution in [3.05, 3.63) is 34.9 Å². The van der Waals surface area contributed by atoms with Crippen LogP contribution in [0.3, 0.4) is 0 Å². The summed E-state index contributed by atoms with van der Waals surface area (Å²) in [5.74, 6) is -1.14. The van der Waals surface area contributed by atoms with Crippen LogP contribution < -0.4 is 0 Å². The van der Waals surface area contributed by atoms with E-state index in [9.17, 15) is 14.0 Å². The smallest absolute Gasteiger partial charge is 0.324 e. The Morgan fingerprint density at radius 1 is 0.840 bits per heavy atom. The zero-order valence-corrected chi connectivity index (χ0v) is 17.4. The normalized spacial score (nSPS) is 15.8. The van der Waals surface area contributed by atoms with E-state index >= 15 is 0 Å². The Bertz CT molecular complexity index is 582. The van der Waals surface area contributed by atoms with Gasteiger partial charge in [-0.2, -0.15) is 0 Å². The predicted octanol–water partition coefficient (Wildman–Crippen LogP) is 5.13. The van der Waals surface area contributed by atoms with Gasteiger partial charge in [0.1, 0.15) is 0 Å². The summed E-state index contributed by atoms with van der Waals surface area (Å²) in [4.78, 5) is 26.7. The molecular formula is C17H32O6P2. The van der Waals surface area contributed by atoms with Crippen molar-refractivity contribution in [1.29, 1.82) is 0 Å². The van der Waals surface area contributed by atoms with Crippen LogP contribution in [0.1, 0.15) is 59.8 Å². The van der Waals surface area contributed by atoms with Gasteiger partial charge in [-0.3, -0.25) is 9.13 Å². The molecule has 0 heterocycles. The molecule has 0 aliphatic heterocycles. The lowest BCUT2D eigenvalue weighted by atomic mass is 10.1. The summed E-state index contributed by atoms with van der Waals surface area (Å²) in [6, 6.07) is 0. The standard InChI is InChI=1S/C17H32O6P2/c1-15(2)8-5-9-16(3)10-6-11-17(4)12-7-13-23-25(21,22)14-24(18,19)20/h8,10,12H,5-7,9,11,13-14H2,1-4H3,(H,21,22)(H2,18,19,20). The van der Waals surface area contributed by atoms with E-state index < -0.39 is 21.1 Å². The zero-order chi connectivity index (χ0) is 19.5. The van der Waals surface area contributed by atoms with Crippen molar-refractivity contribution in [2.75, 3.05) is 12.5 Å². The van der Waals surface area contributed by atoms with Gasteiger partial charge in [-0.25, -0.2) is 0 Å². The molecular weight excluding hydrogens is 362 g/mol. The van der Waals surface area contributed by atoms with Crippen LogP contribution in [-0.2, 0) is 13.7 Å². The molecule has 0 saturated heterocycles. The van der Waals surface area contributed by atoms with Gasteiger partial charge in [0, 0.05) is 0 Å². The summed E-state index contributed by atoms with van der Waals surface area (Å²) in [5, 5.41) is 0. The van der Waals surface area contributed by atoms with Gasteiger partial charge in [0.2, 0.25) is 0 Å². The molecule has 0 radical (unpaired) electrons. The van der Waals surface area contributed by atoms with Crippen molar-refractivity contribution in [2.45, 2.75) is 59.8 Å². The Kier molecular flexibility index (Phi) is 11.8. The van der Waals surface area contributed by atoms with Crippen LogP contribution in [0.2, 0.25) is 0 Å². The van der Waals surface area contributed by atoms with Gasteiger partial charge in [0.15, 0.2) is 5.90 Å². The number of hydrogen-bond acceptors (Lipinski definition) is 3. The third kappa shape index (κ3) is 16.7. The Hall–Kier alpha value is -0.480. The molecule has 0 fully saturated rings. The maximum atomic E-state index is 11.5. The van der Waals surface area contributed by atoms with E-state index in [-0.39, 0.29) is 6.61 Å². The second-order valence-electron chi connectivity index (χ2n) is 6.53. The van der Waals surface area contributed by atoms with Crippen molar-refractivity contribution >= 4 is 15.2 Å². The van der Waals surface area contributed by atoms with Crippen LogP contribution in [0.25, 0.3) is 0 Å². The average Bonchev–Trinajstić information content (AvgIpc) is 2.40. The van der Waals surface area contributed by atoms with Gasteiger partial charge in [0.25, 0.3) is 0 Å². The van der Waals surface area contributed by atoms with E-state index in [1.165, 1.54) is 11.1 Å². The van der Waals surface area contributed by atoms with E-state index in [2.05, 4.69) is 32.9 Å². The molecule has 0 aromatic rings. The van der Waals surface area contributed by atoms with E-state index in [1.807, 2.05) is 13.0 Å². The monoisotopic (exact) mass is 394 g/mol. The first-order valence-corrected chi connectivity index (χ1v) is 11.9. The second kappa shape index (κ2) is 12.0. The summed E-state index contributed by atoms with van der Waals surface area (Å²) in [6.45, 7) is 8.27. The molecule has 0 aliphatic carbocycles. The Labute approximate surface area is 151 Å². The minimum Gasteiger partial charge on any atom is -0.324 e. The number of hydrogen-bond donors (Lipinski definition) is 3. The van der Waals surface area contributed by atoms with Crippen LogP contribution in [0.4, 0.5) is 0 Å². The Morgan fingerprint density at radius 2 is 1.32 bits per heavy atom. The molecule has 0 spiro atoms. The SMILES string of the molecule is CC(C)=CCCC(C)=CCCC(C)=CCCOP(=O)(O)CP(=O)(O)O. The van der Waals surface area contributed by atoms with E-state index in [0.717, 1.165) is 31.3 Å². The summed E-state index contributed by atoms with van der Waals surface area (Å²) >= 11 is 0. The van der Waals surface area contributed by atoms with Crippen LogP contribution in [0.5, 0.6) is 0 Å². The molecule has 3 N–H and O–H groups in total. The first-order chi connectivity index (χ1) is 11.4. The number of rotatable bonds is 12. The van der Waals surface area contributed by atoms with Crippen LogP contribution in [0, 0.1) is 0 Å². The molecule has 0 amide bonds. The van der Waals surface area contributed by atoms with Gasteiger partial charge in [0.05, 0.1) is 6.61 Å². The molecule has 1 atom stereocenters. The lowest BCUT2D eigenvalue weighted by Crippen LogP contribution is -1.97. The van der Waals surface area contributed by atoms with E-state index in [0.29, 0.717) is 6.42 Å². The number of allylic oxidation sites excluding steroid dienone is 5. The Balaban J connectivity index is 4.08. The largest absolute Gasteiger partial charge is 0.340 e. The lowest BCUT2D eigenvalue weighted by molar-refractivity contribution is 0.265. The molecule has 0 bridgehead atoms. The zero-order valence-electron chi connectivity index (χ0n) is 15.6. The van der Waals surface area contributed by atoms with Crippen LogP contribution in [0.15, 0.2) is 34.9 Å². The van der Waals surface area contributed by atoms with Crippen molar-refractivity contribution in [3.8, 4) is 0 Å². The lowest BCUT2D eigenvalue weighted by Gasteiger charge is -2.12.